The van der Waals surface area contributed by atoms with Crippen molar-refractivity contribution in [2.45, 2.75) is 11.3 Å². The van der Waals surface area contributed by atoms with Gasteiger partial charge in [0.1, 0.15) is 0 Å². The molecule has 0 spiro atoms. The van der Waals surface area contributed by atoms with Crippen LogP contribution in [0.5, 0.6) is 5.75 Å². The number of hydrogen-bond donors (Lipinski definition) is 0. The van der Waals surface area contributed by atoms with E-state index in [1.807, 2.05) is 24.3 Å². The Morgan fingerprint density at radius 1 is 0.903 bits per heavy atom. The lowest BCUT2D eigenvalue weighted by Gasteiger charge is -2.34. The first-order valence-electron chi connectivity index (χ1n) is 10.1. The quantitative estimate of drug-likeness (QED) is 0.588. The zero-order chi connectivity index (χ0) is 21.8. The highest BCUT2D eigenvalue weighted by Crippen LogP contribution is 2.23. The van der Waals surface area contributed by atoms with Gasteiger partial charge in [-0.15, -0.1) is 0 Å². The Kier molecular flexibility index (Phi) is 6.20. The van der Waals surface area contributed by atoms with E-state index in [4.69, 9.17) is 4.74 Å². The predicted molar refractivity (Wildman–Crippen MR) is 116 cm³/mol. The van der Waals surface area contributed by atoms with E-state index in [2.05, 4.69) is 0 Å². The molecule has 3 aromatic carbocycles. The summed E-state index contributed by atoms with van der Waals surface area (Å²) >= 11 is 0. The number of hydrogen-bond acceptors (Lipinski definition) is 4. The molecule has 162 valence electrons. The Bertz CT molecular complexity index is 1190. The molecule has 31 heavy (non-hydrogen) atoms. The SMILES string of the molecule is O=C(CCOc1ccccc1F)N1CCN(S(=O)(=O)c2ccc3ccccc3c2)CC1. The number of benzene rings is 3. The number of halogens is 1. The molecule has 1 amide bonds. The second-order valence-electron chi connectivity index (χ2n) is 7.32. The summed E-state index contributed by atoms with van der Waals surface area (Å²) in [6, 6.07) is 18.7. The van der Waals surface area contributed by atoms with Crippen LogP contribution in [0.2, 0.25) is 0 Å². The number of amides is 1. The molecule has 0 N–H and O–H groups in total. The van der Waals surface area contributed by atoms with E-state index in [9.17, 15) is 17.6 Å². The molecule has 8 heteroatoms. The highest BCUT2D eigenvalue weighted by Gasteiger charge is 2.30. The summed E-state index contributed by atoms with van der Waals surface area (Å²) in [5.74, 6) is -0.497. The van der Waals surface area contributed by atoms with E-state index in [1.165, 1.54) is 16.4 Å². The highest BCUT2D eigenvalue weighted by atomic mass is 32.2. The number of nitrogens with zero attached hydrogens (tertiary/aromatic N) is 2. The first kappa shape index (κ1) is 21.3. The highest BCUT2D eigenvalue weighted by molar-refractivity contribution is 7.89. The number of ether oxygens (including phenoxy) is 1. The Morgan fingerprint density at radius 3 is 2.32 bits per heavy atom. The summed E-state index contributed by atoms with van der Waals surface area (Å²) < 4.78 is 46.4. The Hall–Kier alpha value is -2.97. The number of para-hydroxylation sites is 1. The van der Waals surface area contributed by atoms with Crippen molar-refractivity contribution in [3.05, 3.63) is 72.5 Å². The van der Waals surface area contributed by atoms with E-state index in [1.54, 1.807) is 35.2 Å². The molecule has 0 aliphatic carbocycles. The first-order valence-corrected chi connectivity index (χ1v) is 11.5. The maximum Gasteiger partial charge on any atom is 0.243 e. The van der Waals surface area contributed by atoms with Gasteiger partial charge in [-0.2, -0.15) is 4.31 Å². The Labute approximate surface area is 180 Å². The fourth-order valence-corrected chi connectivity index (χ4v) is 5.08. The van der Waals surface area contributed by atoms with Crippen molar-refractivity contribution in [2.75, 3.05) is 32.8 Å². The summed E-state index contributed by atoms with van der Waals surface area (Å²) in [5.41, 5.74) is 0. The van der Waals surface area contributed by atoms with Gasteiger partial charge in [-0.25, -0.2) is 12.8 Å². The van der Waals surface area contributed by atoms with Crippen LogP contribution in [0, 0.1) is 5.82 Å². The Balaban J connectivity index is 1.33. The van der Waals surface area contributed by atoms with Gasteiger partial charge in [-0.3, -0.25) is 4.79 Å². The average molecular weight is 443 g/mol. The molecule has 0 saturated carbocycles. The molecule has 1 saturated heterocycles. The number of rotatable bonds is 6. The molecular formula is C23H23FN2O4S. The lowest BCUT2D eigenvalue weighted by Crippen LogP contribution is -2.50. The Morgan fingerprint density at radius 2 is 1.58 bits per heavy atom. The average Bonchev–Trinajstić information content (AvgIpc) is 2.80. The van der Waals surface area contributed by atoms with Crippen molar-refractivity contribution in [3.8, 4) is 5.75 Å². The van der Waals surface area contributed by atoms with E-state index in [0.717, 1.165) is 10.8 Å². The van der Waals surface area contributed by atoms with Crippen molar-refractivity contribution in [3.63, 3.8) is 0 Å². The van der Waals surface area contributed by atoms with Crippen LogP contribution in [0.25, 0.3) is 10.8 Å². The standard InChI is InChI=1S/C23H23FN2O4S/c24-21-7-3-4-8-22(21)30-16-11-23(27)25-12-14-26(15-13-25)31(28,29)20-10-9-18-5-1-2-6-19(18)17-20/h1-10,17H,11-16H2. The minimum atomic E-state index is -3.63. The van der Waals surface area contributed by atoms with Gasteiger partial charge in [0, 0.05) is 26.2 Å². The van der Waals surface area contributed by atoms with Crippen molar-refractivity contribution in [1.82, 2.24) is 9.21 Å². The van der Waals surface area contributed by atoms with Gasteiger partial charge in [-0.05, 0) is 35.0 Å². The molecule has 0 atom stereocenters. The van der Waals surface area contributed by atoms with E-state index < -0.39 is 15.8 Å². The molecule has 6 nitrogen and oxygen atoms in total. The number of carbonyl (C=O) groups excluding carboxylic acids is 1. The summed E-state index contributed by atoms with van der Waals surface area (Å²) in [7, 11) is -3.63. The lowest BCUT2D eigenvalue weighted by molar-refractivity contribution is -0.132. The molecule has 0 radical (unpaired) electrons. The molecule has 1 aliphatic rings. The third kappa shape index (κ3) is 4.70. The van der Waals surface area contributed by atoms with Crippen molar-refractivity contribution in [2.24, 2.45) is 0 Å². The van der Waals surface area contributed by atoms with Crippen LogP contribution in [0.15, 0.2) is 71.6 Å². The molecule has 0 aromatic heterocycles. The topological polar surface area (TPSA) is 66.9 Å². The van der Waals surface area contributed by atoms with Crippen LogP contribution in [0.3, 0.4) is 0 Å². The number of carbonyl (C=O) groups is 1. The third-order valence-corrected chi connectivity index (χ3v) is 7.25. The molecular weight excluding hydrogens is 419 g/mol. The van der Waals surface area contributed by atoms with Gasteiger partial charge in [-0.1, -0.05) is 42.5 Å². The maximum absolute atomic E-state index is 13.6. The molecule has 0 bridgehead atoms. The van der Waals surface area contributed by atoms with Crippen molar-refractivity contribution >= 4 is 26.7 Å². The summed E-state index contributed by atoms with van der Waals surface area (Å²) in [6.45, 7) is 1.15. The molecule has 3 aromatic rings. The minimum Gasteiger partial charge on any atom is -0.490 e. The molecule has 1 heterocycles. The van der Waals surface area contributed by atoms with Crippen LogP contribution in [0.1, 0.15) is 6.42 Å². The summed E-state index contributed by atoms with van der Waals surface area (Å²) in [5, 5.41) is 1.85. The molecule has 1 fully saturated rings. The number of fused-ring (bicyclic) bond motifs is 1. The number of sulfonamides is 1. The van der Waals surface area contributed by atoms with E-state index in [0.29, 0.717) is 13.1 Å². The van der Waals surface area contributed by atoms with Gasteiger partial charge in [0.25, 0.3) is 0 Å². The molecule has 4 rings (SSSR count). The van der Waals surface area contributed by atoms with Crippen LogP contribution < -0.4 is 4.74 Å². The maximum atomic E-state index is 13.6. The van der Waals surface area contributed by atoms with Crippen LogP contribution in [-0.2, 0) is 14.8 Å². The summed E-state index contributed by atoms with van der Waals surface area (Å²) in [6.07, 6.45) is 0.103. The van der Waals surface area contributed by atoms with Crippen molar-refractivity contribution in [1.29, 1.82) is 0 Å². The van der Waals surface area contributed by atoms with E-state index in [-0.39, 0.29) is 42.7 Å². The third-order valence-electron chi connectivity index (χ3n) is 5.36. The summed E-state index contributed by atoms with van der Waals surface area (Å²) in [4.78, 5) is 14.3. The van der Waals surface area contributed by atoms with Gasteiger partial charge < -0.3 is 9.64 Å². The van der Waals surface area contributed by atoms with Crippen LogP contribution in [-0.4, -0.2) is 56.3 Å². The minimum absolute atomic E-state index is 0.0649. The monoisotopic (exact) mass is 442 g/mol. The van der Waals surface area contributed by atoms with Gasteiger partial charge >= 0.3 is 0 Å². The zero-order valence-corrected chi connectivity index (χ0v) is 17.7. The van der Waals surface area contributed by atoms with Gasteiger partial charge in [0.05, 0.1) is 17.9 Å². The first-order chi connectivity index (χ1) is 14.9. The molecule has 1 aliphatic heterocycles. The number of piperazine rings is 1. The van der Waals surface area contributed by atoms with Crippen LogP contribution >= 0.6 is 0 Å². The zero-order valence-electron chi connectivity index (χ0n) is 16.9. The van der Waals surface area contributed by atoms with E-state index >= 15 is 0 Å². The van der Waals surface area contributed by atoms with Gasteiger partial charge in [0.2, 0.25) is 15.9 Å². The predicted octanol–water partition coefficient (Wildman–Crippen LogP) is 3.28. The molecule has 0 unspecified atom stereocenters. The second kappa shape index (κ2) is 9.03. The second-order valence-corrected chi connectivity index (χ2v) is 9.26. The normalized spacial score (nSPS) is 15.2. The largest absolute Gasteiger partial charge is 0.490 e. The van der Waals surface area contributed by atoms with Gasteiger partial charge in [0.15, 0.2) is 11.6 Å². The fourth-order valence-electron chi connectivity index (χ4n) is 3.62. The lowest BCUT2D eigenvalue weighted by atomic mass is 10.1. The van der Waals surface area contributed by atoms with Crippen molar-refractivity contribution < 1.29 is 22.3 Å². The smallest absolute Gasteiger partial charge is 0.243 e. The van der Waals surface area contributed by atoms with Crippen LogP contribution in [0.4, 0.5) is 4.39 Å². The fraction of sp³-hybridized carbons (Fsp3) is 0.261.